The Hall–Kier alpha value is -5.50. The fourth-order valence-electron chi connectivity index (χ4n) is 6.35. The molecule has 49 heavy (non-hydrogen) atoms. The summed E-state index contributed by atoms with van der Waals surface area (Å²) in [7, 11) is 0. The maximum absolute atomic E-state index is 6.37. The predicted octanol–water partition coefficient (Wildman–Crippen LogP) is 12.6. The Morgan fingerprint density at radius 1 is 0.408 bits per heavy atom. The van der Waals surface area contributed by atoms with Crippen molar-refractivity contribution in [2.45, 2.75) is 0 Å². The summed E-state index contributed by atoms with van der Waals surface area (Å²) in [6, 6.07) is 49.7. The molecule has 0 aliphatic rings. The highest BCUT2D eigenvalue weighted by molar-refractivity contribution is 9.10. The smallest absolute Gasteiger partial charge is 0.138 e. The molecule has 7 heteroatoms. The van der Waals surface area contributed by atoms with Gasteiger partial charge in [-0.3, -0.25) is 0 Å². The van der Waals surface area contributed by atoms with Crippen molar-refractivity contribution in [1.29, 1.82) is 0 Å². The number of nitrogens with one attached hydrogen (secondary N) is 2. The van der Waals surface area contributed by atoms with Crippen LogP contribution in [0.1, 0.15) is 0 Å². The fraction of sp³-hybridized carbons (Fsp3) is 0. The lowest BCUT2D eigenvalue weighted by atomic mass is 10.0. The number of rotatable bonds is 6. The van der Waals surface area contributed by atoms with Crippen LogP contribution >= 0.6 is 31.9 Å². The van der Waals surface area contributed by atoms with Crippen molar-refractivity contribution in [1.82, 2.24) is 19.9 Å². The Morgan fingerprint density at radius 3 is 1.20 bits per heavy atom. The van der Waals surface area contributed by atoms with Gasteiger partial charge in [-0.2, -0.15) is 0 Å². The third kappa shape index (κ3) is 5.51. The SMILES string of the molecule is Brc1ccc(-c2nc(-c3ccc4oc5ccc(-c6nc(-c7ccc(Br)cc7)[nH]c6-c6ccccc6)cc5c4c3)c(-c3ccccc3)[nH]2)cc1. The molecular formula is C42H26Br2N4O. The number of furan rings is 1. The largest absolute Gasteiger partial charge is 0.456 e. The molecule has 0 aliphatic heterocycles. The van der Waals surface area contributed by atoms with E-state index in [4.69, 9.17) is 14.4 Å². The van der Waals surface area contributed by atoms with Crippen LogP contribution < -0.4 is 0 Å². The van der Waals surface area contributed by atoms with Gasteiger partial charge in [-0.15, -0.1) is 0 Å². The summed E-state index contributed by atoms with van der Waals surface area (Å²) in [6.07, 6.45) is 0. The summed E-state index contributed by atoms with van der Waals surface area (Å²) in [4.78, 5) is 17.6. The topological polar surface area (TPSA) is 70.5 Å². The molecule has 0 radical (unpaired) electrons. The zero-order valence-electron chi connectivity index (χ0n) is 25.9. The molecule has 9 aromatic rings. The number of aromatic amines is 2. The third-order valence-electron chi connectivity index (χ3n) is 8.78. The molecule has 234 valence electrons. The first-order valence-corrected chi connectivity index (χ1v) is 17.5. The maximum Gasteiger partial charge on any atom is 0.138 e. The Labute approximate surface area is 299 Å². The van der Waals surface area contributed by atoms with Crippen molar-refractivity contribution in [3.63, 3.8) is 0 Å². The lowest BCUT2D eigenvalue weighted by Crippen LogP contribution is -1.85. The number of fused-ring (bicyclic) bond motifs is 3. The molecule has 0 aliphatic carbocycles. The number of hydrogen-bond donors (Lipinski definition) is 2. The van der Waals surface area contributed by atoms with Gasteiger partial charge in [-0.05, 0) is 60.7 Å². The molecule has 0 atom stereocenters. The molecule has 2 N–H and O–H groups in total. The fourth-order valence-corrected chi connectivity index (χ4v) is 6.88. The van der Waals surface area contributed by atoms with Gasteiger partial charge in [-0.1, -0.05) is 117 Å². The van der Waals surface area contributed by atoms with Crippen LogP contribution in [0, 0.1) is 0 Å². The minimum atomic E-state index is 0.814. The van der Waals surface area contributed by atoms with Crippen molar-refractivity contribution < 1.29 is 4.42 Å². The molecule has 0 spiro atoms. The molecule has 3 aromatic heterocycles. The summed E-state index contributed by atoms with van der Waals surface area (Å²) >= 11 is 7.11. The van der Waals surface area contributed by atoms with E-state index in [1.54, 1.807) is 0 Å². The lowest BCUT2D eigenvalue weighted by Gasteiger charge is -2.04. The van der Waals surface area contributed by atoms with Crippen LogP contribution in [0.25, 0.3) is 89.7 Å². The van der Waals surface area contributed by atoms with Crippen LogP contribution in [0.3, 0.4) is 0 Å². The second-order valence-electron chi connectivity index (χ2n) is 11.9. The average Bonchev–Trinajstić information content (AvgIpc) is 3.89. The van der Waals surface area contributed by atoms with Gasteiger partial charge in [0.05, 0.1) is 22.8 Å². The first kappa shape index (κ1) is 29.6. The average molecular weight is 763 g/mol. The van der Waals surface area contributed by atoms with Crippen molar-refractivity contribution >= 4 is 53.8 Å². The van der Waals surface area contributed by atoms with Gasteiger partial charge in [0.2, 0.25) is 0 Å². The van der Waals surface area contributed by atoms with Crippen molar-refractivity contribution in [3.05, 3.63) is 155 Å². The Morgan fingerprint density at radius 2 is 0.796 bits per heavy atom. The van der Waals surface area contributed by atoms with Gasteiger partial charge in [0, 0.05) is 53.1 Å². The van der Waals surface area contributed by atoms with E-state index in [1.165, 1.54) is 0 Å². The lowest BCUT2D eigenvalue weighted by molar-refractivity contribution is 0.669. The van der Waals surface area contributed by atoms with E-state index in [-0.39, 0.29) is 0 Å². The monoisotopic (exact) mass is 760 g/mol. The van der Waals surface area contributed by atoms with Crippen LogP contribution in [0.5, 0.6) is 0 Å². The predicted molar refractivity (Wildman–Crippen MR) is 206 cm³/mol. The molecular weight excluding hydrogens is 736 g/mol. The van der Waals surface area contributed by atoms with Crippen molar-refractivity contribution in [2.75, 3.05) is 0 Å². The normalized spacial score (nSPS) is 11.5. The van der Waals surface area contributed by atoms with Gasteiger partial charge in [0.1, 0.15) is 22.8 Å². The standard InChI is InChI=1S/C42H26Br2N4O/c43-31-17-11-27(12-18-31)41-45-37(25-7-3-1-4-8-25)39(47-41)29-15-21-35-33(23-29)34-24-30(16-22-36(34)49-35)40-38(26-9-5-2-6-10-26)46-42(48-40)28-13-19-32(44)20-14-28/h1-24H,(H,45,47)(H,46,48). The van der Waals surface area contributed by atoms with Gasteiger partial charge >= 0.3 is 0 Å². The summed E-state index contributed by atoms with van der Waals surface area (Å²) in [5, 5.41) is 2.04. The number of nitrogens with zero attached hydrogens (tertiary/aromatic N) is 2. The number of H-pyrrole nitrogens is 2. The highest BCUT2D eigenvalue weighted by atomic mass is 79.9. The molecule has 0 fully saturated rings. The summed E-state index contributed by atoms with van der Waals surface area (Å²) in [5.74, 6) is 1.63. The molecule has 0 saturated heterocycles. The summed E-state index contributed by atoms with van der Waals surface area (Å²) in [5.41, 5.74) is 11.5. The number of halogens is 2. The maximum atomic E-state index is 6.37. The molecule has 3 heterocycles. The van der Waals surface area contributed by atoms with E-state index < -0.39 is 0 Å². The number of imidazole rings is 2. The van der Waals surface area contributed by atoms with Gasteiger partial charge in [0.25, 0.3) is 0 Å². The number of hydrogen-bond acceptors (Lipinski definition) is 3. The van der Waals surface area contributed by atoms with Crippen LogP contribution in [0.4, 0.5) is 0 Å². The minimum absolute atomic E-state index is 0.814. The Bertz CT molecular complexity index is 2420. The Kier molecular flexibility index (Phi) is 7.37. The van der Waals surface area contributed by atoms with E-state index in [0.717, 1.165) is 98.7 Å². The quantitative estimate of drug-likeness (QED) is 0.177. The van der Waals surface area contributed by atoms with Gasteiger partial charge in [-0.25, -0.2) is 9.97 Å². The number of aromatic nitrogens is 4. The first-order valence-electron chi connectivity index (χ1n) is 15.9. The molecule has 0 saturated carbocycles. The molecule has 0 amide bonds. The second kappa shape index (κ2) is 12.2. The van der Waals surface area contributed by atoms with Crippen LogP contribution in [-0.2, 0) is 0 Å². The highest BCUT2D eigenvalue weighted by Gasteiger charge is 2.20. The highest BCUT2D eigenvalue weighted by Crippen LogP contribution is 2.40. The van der Waals surface area contributed by atoms with E-state index in [9.17, 15) is 0 Å². The van der Waals surface area contributed by atoms with Crippen LogP contribution in [0.2, 0.25) is 0 Å². The van der Waals surface area contributed by atoms with Gasteiger partial charge < -0.3 is 14.4 Å². The zero-order chi connectivity index (χ0) is 32.9. The molecule has 0 unspecified atom stereocenters. The second-order valence-corrected chi connectivity index (χ2v) is 13.7. The third-order valence-corrected chi connectivity index (χ3v) is 9.84. The van der Waals surface area contributed by atoms with E-state index >= 15 is 0 Å². The van der Waals surface area contributed by atoms with Gasteiger partial charge in [0.15, 0.2) is 0 Å². The summed E-state index contributed by atoms with van der Waals surface area (Å²) < 4.78 is 8.42. The zero-order valence-corrected chi connectivity index (χ0v) is 29.1. The molecule has 5 nitrogen and oxygen atoms in total. The van der Waals surface area contributed by atoms with Crippen molar-refractivity contribution in [3.8, 4) is 67.8 Å². The van der Waals surface area contributed by atoms with E-state index in [1.807, 2.05) is 48.5 Å². The minimum Gasteiger partial charge on any atom is -0.456 e. The first-order chi connectivity index (χ1) is 24.1. The van der Waals surface area contributed by atoms with Crippen LogP contribution in [0.15, 0.2) is 159 Å². The molecule has 9 rings (SSSR count). The Balaban J connectivity index is 1.20. The van der Waals surface area contributed by atoms with E-state index in [2.05, 4.69) is 139 Å². The number of benzene rings is 6. The van der Waals surface area contributed by atoms with E-state index in [0.29, 0.717) is 0 Å². The van der Waals surface area contributed by atoms with Crippen molar-refractivity contribution in [2.24, 2.45) is 0 Å². The summed E-state index contributed by atoms with van der Waals surface area (Å²) in [6.45, 7) is 0. The molecule has 0 bridgehead atoms. The molecule has 6 aromatic carbocycles. The van der Waals surface area contributed by atoms with Crippen LogP contribution in [-0.4, -0.2) is 19.9 Å².